The molecule has 0 saturated heterocycles. The Morgan fingerprint density at radius 3 is 2.58 bits per heavy atom. The largest absolute Gasteiger partial charge is 0.384 e. The van der Waals surface area contributed by atoms with Crippen molar-refractivity contribution in [3.05, 3.63) is 47.9 Å². The zero-order chi connectivity index (χ0) is 13.9. The molecule has 0 radical (unpaired) electrons. The molecule has 0 fully saturated rings. The fourth-order valence-electron chi connectivity index (χ4n) is 1.97. The van der Waals surface area contributed by atoms with Gasteiger partial charge < -0.3 is 11.1 Å². The molecule has 2 aromatic rings. The maximum absolute atomic E-state index is 5.65. The van der Waals surface area contributed by atoms with Crippen LogP contribution in [0.15, 0.2) is 36.5 Å². The van der Waals surface area contributed by atoms with Gasteiger partial charge >= 0.3 is 0 Å². The maximum atomic E-state index is 5.65. The topological polar surface area (TPSA) is 63.8 Å². The number of benzene rings is 1. The molecule has 1 aromatic carbocycles. The molecule has 3 N–H and O–H groups in total. The molecule has 0 bridgehead atoms. The summed E-state index contributed by atoms with van der Waals surface area (Å²) in [4.78, 5) is 8.38. The summed E-state index contributed by atoms with van der Waals surface area (Å²) in [6, 6.07) is 9.99. The number of nitrogens with one attached hydrogen (secondary N) is 1. The van der Waals surface area contributed by atoms with E-state index >= 15 is 0 Å². The van der Waals surface area contributed by atoms with Crippen molar-refractivity contribution >= 4 is 11.5 Å². The molecule has 0 aliphatic heterocycles. The molecule has 0 saturated carbocycles. The molecular formula is C15H20N4. The highest BCUT2D eigenvalue weighted by Gasteiger charge is 2.17. The van der Waals surface area contributed by atoms with Gasteiger partial charge in [0.05, 0.1) is 6.54 Å². The van der Waals surface area contributed by atoms with E-state index in [-0.39, 0.29) is 5.41 Å². The molecule has 100 valence electrons. The van der Waals surface area contributed by atoms with Gasteiger partial charge in [-0.05, 0) is 23.1 Å². The summed E-state index contributed by atoms with van der Waals surface area (Å²) in [6.45, 7) is 7.16. The summed E-state index contributed by atoms with van der Waals surface area (Å²) >= 11 is 0. The highest BCUT2D eigenvalue weighted by Crippen LogP contribution is 2.29. The van der Waals surface area contributed by atoms with Crippen molar-refractivity contribution in [1.29, 1.82) is 0 Å². The smallest absolute Gasteiger partial charge is 0.149 e. The Bertz CT molecular complexity index is 558. The molecule has 4 nitrogen and oxygen atoms in total. The van der Waals surface area contributed by atoms with Crippen LogP contribution in [0.2, 0.25) is 0 Å². The van der Waals surface area contributed by atoms with Gasteiger partial charge in [0.2, 0.25) is 0 Å². The Morgan fingerprint density at radius 2 is 1.89 bits per heavy atom. The van der Waals surface area contributed by atoms with E-state index in [1.807, 2.05) is 6.07 Å². The maximum Gasteiger partial charge on any atom is 0.149 e. The van der Waals surface area contributed by atoms with Crippen molar-refractivity contribution in [1.82, 2.24) is 9.97 Å². The van der Waals surface area contributed by atoms with E-state index in [1.165, 1.54) is 5.56 Å². The number of nitrogens with two attached hydrogens (primary N) is 1. The summed E-state index contributed by atoms with van der Waals surface area (Å²) in [5.41, 5.74) is 8.13. The van der Waals surface area contributed by atoms with Crippen molar-refractivity contribution in [2.24, 2.45) is 0 Å². The first-order valence-electron chi connectivity index (χ1n) is 6.37. The van der Waals surface area contributed by atoms with Crippen LogP contribution in [-0.2, 0) is 12.0 Å². The molecule has 1 aromatic heterocycles. The van der Waals surface area contributed by atoms with Crippen LogP contribution >= 0.6 is 0 Å². The molecule has 0 aliphatic carbocycles. The van der Waals surface area contributed by atoms with Gasteiger partial charge in [-0.1, -0.05) is 39.0 Å². The van der Waals surface area contributed by atoms with Crippen molar-refractivity contribution in [2.75, 3.05) is 11.1 Å². The summed E-state index contributed by atoms with van der Waals surface area (Å²) in [5, 5.41) is 3.38. The van der Waals surface area contributed by atoms with Crippen molar-refractivity contribution < 1.29 is 0 Å². The van der Waals surface area contributed by atoms with Crippen LogP contribution in [0.25, 0.3) is 0 Å². The first kappa shape index (κ1) is 13.3. The van der Waals surface area contributed by atoms with Gasteiger partial charge in [-0.3, -0.25) is 0 Å². The Kier molecular flexibility index (Phi) is 3.69. The second-order valence-corrected chi connectivity index (χ2v) is 5.55. The number of nitrogen functional groups attached to an aromatic ring is 1. The van der Waals surface area contributed by atoms with Crippen molar-refractivity contribution in [3.63, 3.8) is 0 Å². The van der Waals surface area contributed by atoms with Crippen LogP contribution in [0.4, 0.5) is 11.5 Å². The lowest BCUT2D eigenvalue weighted by atomic mass is 9.86. The van der Waals surface area contributed by atoms with Gasteiger partial charge in [0.15, 0.2) is 0 Å². The normalized spacial score (nSPS) is 11.3. The van der Waals surface area contributed by atoms with Crippen LogP contribution in [0, 0.1) is 0 Å². The van der Waals surface area contributed by atoms with E-state index in [4.69, 9.17) is 5.73 Å². The predicted octanol–water partition coefficient (Wildman–Crippen LogP) is 2.97. The van der Waals surface area contributed by atoms with E-state index in [1.54, 1.807) is 12.3 Å². The highest BCUT2D eigenvalue weighted by atomic mass is 15.0. The van der Waals surface area contributed by atoms with Crippen LogP contribution in [-0.4, -0.2) is 9.97 Å². The fourth-order valence-corrected chi connectivity index (χ4v) is 1.97. The summed E-state index contributed by atoms with van der Waals surface area (Å²) < 4.78 is 0. The average Bonchev–Trinajstić information content (AvgIpc) is 2.36. The van der Waals surface area contributed by atoms with Crippen molar-refractivity contribution in [3.8, 4) is 0 Å². The minimum atomic E-state index is 0.0974. The average molecular weight is 256 g/mol. The minimum absolute atomic E-state index is 0.0974. The number of hydrogen-bond acceptors (Lipinski definition) is 4. The second-order valence-electron chi connectivity index (χ2n) is 5.55. The Labute approximate surface area is 114 Å². The van der Waals surface area contributed by atoms with E-state index in [2.05, 4.69) is 54.3 Å². The third-order valence-corrected chi connectivity index (χ3v) is 2.90. The second kappa shape index (κ2) is 5.26. The van der Waals surface area contributed by atoms with E-state index in [0.29, 0.717) is 18.2 Å². The molecule has 0 amide bonds. The summed E-state index contributed by atoms with van der Waals surface area (Å²) in [5.74, 6) is 1.19. The van der Waals surface area contributed by atoms with Crippen LogP contribution in [0.1, 0.15) is 32.2 Å². The standard InChI is InChI=1S/C15H20N4/c1-15(2,3)11-6-4-5-7-12(11)18-10-14-17-9-8-13(16)19-14/h4-9,18H,10H2,1-3H3,(H2,16,17,19). The zero-order valence-corrected chi connectivity index (χ0v) is 11.6. The molecule has 2 rings (SSSR count). The predicted molar refractivity (Wildman–Crippen MR) is 78.9 cm³/mol. The molecule has 19 heavy (non-hydrogen) atoms. The number of hydrogen-bond donors (Lipinski definition) is 2. The Balaban J connectivity index is 2.16. The molecule has 0 unspecified atom stereocenters. The number of nitrogens with zero attached hydrogens (tertiary/aromatic N) is 2. The van der Waals surface area contributed by atoms with E-state index < -0.39 is 0 Å². The molecule has 0 atom stereocenters. The third kappa shape index (κ3) is 3.44. The first-order valence-corrected chi connectivity index (χ1v) is 6.37. The van der Waals surface area contributed by atoms with Gasteiger partial charge in [0, 0.05) is 11.9 Å². The quantitative estimate of drug-likeness (QED) is 0.886. The van der Waals surface area contributed by atoms with Crippen LogP contribution in [0.3, 0.4) is 0 Å². The lowest BCUT2D eigenvalue weighted by Gasteiger charge is -2.23. The SMILES string of the molecule is CC(C)(C)c1ccccc1NCc1nccc(N)n1. The van der Waals surface area contributed by atoms with Gasteiger partial charge in [-0.2, -0.15) is 0 Å². The van der Waals surface area contributed by atoms with Crippen LogP contribution < -0.4 is 11.1 Å². The summed E-state index contributed by atoms with van der Waals surface area (Å²) in [7, 11) is 0. The van der Waals surface area contributed by atoms with Crippen molar-refractivity contribution in [2.45, 2.75) is 32.7 Å². The van der Waals surface area contributed by atoms with E-state index in [0.717, 1.165) is 5.69 Å². The summed E-state index contributed by atoms with van der Waals surface area (Å²) in [6.07, 6.45) is 1.68. The molecule has 0 aliphatic rings. The number of anilines is 2. The Morgan fingerprint density at radius 1 is 1.16 bits per heavy atom. The highest BCUT2D eigenvalue weighted by molar-refractivity contribution is 5.54. The lowest BCUT2D eigenvalue weighted by Crippen LogP contribution is -2.15. The number of rotatable bonds is 3. The zero-order valence-electron chi connectivity index (χ0n) is 11.6. The Hall–Kier alpha value is -2.10. The molecule has 0 spiro atoms. The molecular weight excluding hydrogens is 236 g/mol. The van der Waals surface area contributed by atoms with Gasteiger partial charge in [0.1, 0.15) is 11.6 Å². The fraction of sp³-hybridized carbons (Fsp3) is 0.333. The molecule has 1 heterocycles. The third-order valence-electron chi connectivity index (χ3n) is 2.90. The first-order chi connectivity index (χ1) is 8.97. The molecule has 4 heteroatoms. The number of para-hydroxylation sites is 1. The minimum Gasteiger partial charge on any atom is -0.384 e. The lowest BCUT2D eigenvalue weighted by molar-refractivity contribution is 0.591. The van der Waals surface area contributed by atoms with Gasteiger partial charge in [-0.25, -0.2) is 9.97 Å². The van der Waals surface area contributed by atoms with Gasteiger partial charge in [-0.15, -0.1) is 0 Å². The van der Waals surface area contributed by atoms with Gasteiger partial charge in [0.25, 0.3) is 0 Å². The monoisotopic (exact) mass is 256 g/mol. The van der Waals surface area contributed by atoms with E-state index in [9.17, 15) is 0 Å². The number of aromatic nitrogens is 2. The van der Waals surface area contributed by atoms with Crippen LogP contribution in [0.5, 0.6) is 0 Å².